The van der Waals surface area contributed by atoms with Crippen LogP contribution in [0, 0.1) is 29.1 Å². The summed E-state index contributed by atoms with van der Waals surface area (Å²) in [4.78, 5) is 24.5. The zero-order valence-electron chi connectivity index (χ0n) is 17.1. The number of hydrogen-bond donors (Lipinski definition) is 1. The highest BCUT2D eigenvalue weighted by Gasteiger charge is 2.55. The van der Waals surface area contributed by atoms with Crippen LogP contribution in [0.4, 0.5) is 0 Å². The second-order valence-electron chi connectivity index (χ2n) is 9.09. The lowest BCUT2D eigenvalue weighted by atomic mass is 9.52. The van der Waals surface area contributed by atoms with Crippen LogP contribution in [0.15, 0.2) is 36.4 Å². The molecule has 2 fully saturated rings. The van der Waals surface area contributed by atoms with Gasteiger partial charge in [-0.25, -0.2) is 4.79 Å². The molecule has 0 spiro atoms. The Kier molecular flexibility index (Phi) is 6.39. The van der Waals surface area contributed by atoms with Crippen LogP contribution in [0.3, 0.4) is 0 Å². The van der Waals surface area contributed by atoms with Crippen LogP contribution in [0.25, 0.3) is 6.08 Å². The van der Waals surface area contributed by atoms with E-state index in [2.05, 4.69) is 20.8 Å². The van der Waals surface area contributed by atoms with E-state index < -0.39 is 12.0 Å². The van der Waals surface area contributed by atoms with E-state index in [0.717, 1.165) is 31.1 Å². The molecule has 0 unspecified atom stereocenters. The SMILES string of the molecule is CC(C)[C@@H]1CC[C@@]2(C)CC[C@H](O)[C@@H](C=O)[C@@H]2[C@@H]1OC(=O)C=Cc1ccccc1. The van der Waals surface area contributed by atoms with Gasteiger partial charge in [0.25, 0.3) is 0 Å². The van der Waals surface area contributed by atoms with E-state index in [4.69, 9.17) is 4.74 Å². The average Bonchev–Trinajstić information content (AvgIpc) is 2.68. The Hall–Kier alpha value is -1.94. The lowest BCUT2D eigenvalue weighted by Crippen LogP contribution is -2.56. The molecule has 28 heavy (non-hydrogen) atoms. The lowest BCUT2D eigenvalue weighted by molar-refractivity contribution is -0.181. The standard InChI is InChI=1S/C24H32O4/c1-16(2)18-11-13-24(3)14-12-20(26)19(15-25)22(24)23(18)28-21(27)10-9-17-7-5-4-6-8-17/h4-10,15-16,18-20,22-23,26H,11-14H2,1-3H3/t18-,19+,20-,22+,23+,24-/m0/s1. The summed E-state index contributed by atoms with van der Waals surface area (Å²) < 4.78 is 6.01. The number of esters is 1. The molecule has 1 aromatic carbocycles. The molecule has 0 aromatic heterocycles. The predicted molar refractivity (Wildman–Crippen MR) is 109 cm³/mol. The molecule has 0 radical (unpaired) electrons. The lowest BCUT2D eigenvalue weighted by Gasteiger charge is -2.55. The van der Waals surface area contributed by atoms with Gasteiger partial charge in [-0.15, -0.1) is 0 Å². The van der Waals surface area contributed by atoms with Gasteiger partial charge in [0, 0.05) is 17.9 Å². The summed E-state index contributed by atoms with van der Waals surface area (Å²) in [7, 11) is 0. The number of hydrogen-bond acceptors (Lipinski definition) is 4. The monoisotopic (exact) mass is 384 g/mol. The molecule has 2 saturated carbocycles. The van der Waals surface area contributed by atoms with E-state index in [0.29, 0.717) is 12.3 Å². The van der Waals surface area contributed by atoms with Crippen molar-refractivity contribution in [3.8, 4) is 0 Å². The number of aldehydes is 1. The van der Waals surface area contributed by atoms with Crippen molar-refractivity contribution in [1.82, 2.24) is 0 Å². The molecule has 152 valence electrons. The summed E-state index contributed by atoms with van der Waals surface area (Å²) in [6.07, 6.45) is 6.59. The first-order valence-corrected chi connectivity index (χ1v) is 10.4. The van der Waals surface area contributed by atoms with Gasteiger partial charge in [0.2, 0.25) is 0 Å². The van der Waals surface area contributed by atoms with E-state index in [-0.39, 0.29) is 29.3 Å². The summed E-state index contributed by atoms with van der Waals surface area (Å²) in [5.41, 5.74) is 0.858. The molecular weight excluding hydrogens is 352 g/mol. The predicted octanol–water partition coefficient (Wildman–Crippen LogP) is 4.27. The van der Waals surface area contributed by atoms with Gasteiger partial charge in [0.15, 0.2) is 0 Å². The molecule has 0 amide bonds. The van der Waals surface area contributed by atoms with Crippen LogP contribution < -0.4 is 0 Å². The van der Waals surface area contributed by atoms with E-state index in [1.807, 2.05) is 30.3 Å². The summed E-state index contributed by atoms with van der Waals surface area (Å²) in [6.45, 7) is 6.48. The smallest absolute Gasteiger partial charge is 0.331 e. The number of ether oxygens (including phenoxy) is 1. The van der Waals surface area contributed by atoms with Gasteiger partial charge in [-0.05, 0) is 54.6 Å². The van der Waals surface area contributed by atoms with E-state index in [9.17, 15) is 14.7 Å². The fraction of sp³-hybridized carbons (Fsp3) is 0.583. The molecule has 0 heterocycles. The van der Waals surface area contributed by atoms with Gasteiger partial charge < -0.3 is 14.6 Å². The molecule has 0 aliphatic heterocycles. The molecule has 6 atom stereocenters. The maximum absolute atomic E-state index is 12.6. The van der Waals surface area contributed by atoms with Crippen LogP contribution >= 0.6 is 0 Å². The van der Waals surface area contributed by atoms with Crippen molar-refractivity contribution in [2.24, 2.45) is 29.1 Å². The first-order valence-electron chi connectivity index (χ1n) is 10.4. The minimum atomic E-state index is -0.650. The Morgan fingerprint density at radius 3 is 2.54 bits per heavy atom. The Bertz CT molecular complexity index is 711. The van der Waals surface area contributed by atoms with Crippen molar-refractivity contribution in [3.63, 3.8) is 0 Å². The number of aliphatic hydroxyl groups is 1. The van der Waals surface area contributed by atoms with Crippen LogP contribution in [0.5, 0.6) is 0 Å². The Balaban J connectivity index is 1.85. The highest BCUT2D eigenvalue weighted by Crippen LogP contribution is 2.55. The second kappa shape index (κ2) is 8.60. The fourth-order valence-corrected chi connectivity index (χ4v) is 5.33. The normalized spacial score (nSPS) is 35.5. The molecule has 4 nitrogen and oxygen atoms in total. The van der Waals surface area contributed by atoms with Crippen LogP contribution in [-0.2, 0) is 14.3 Å². The maximum atomic E-state index is 12.6. The average molecular weight is 385 g/mol. The van der Waals surface area contributed by atoms with Crippen LogP contribution in [-0.4, -0.2) is 29.6 Å². The Morgan fingerprint density at radius 1 is 1.21 bits per heavy atom. The van der Waals surface area contributed by atoms with Gasteiger partial charge in [-0.3, -0.25) is 0 Å². The molecule has 3 rings (SSSR count). The third-order valence-electron chi connectivity index (χ3n) is 6.98. The summed E-state index contributed by atoms with van der Waals surface area (Å²) in [5.74, 6) is -0.458. The fourth-order valence-electron chi connectivity index (χ4n) is 5.33. The molecule has 2 aliphatic carbocycles. The van der Waals surface area contributed by atoms with Crippen LogP contribution in [0.1, 0.15) is 52.0 Å². The van der Waals surface area contributed by atoms with Crippen molar-refractivity contribution in [1.29, 1.82) is 0 Å². The van der Waals surface area contributed by atoms with Crippen molar-refractivity contribution >= 4 is 18.3 Å². The molecular formula is C24H32O4. The zero-order valence-corrected chi connectivity index (χ0v) is 17.1. The minimum absolute atomic E-state index is 0.0791. The minimum Gasteiger partial charge on any atom is -0.459 e. The zero-order chi connectivity index (χ0) is 20.3. The Labute approximate surface area is 168 Å². The number of rotatable bonds is 5. The van der Waals surface area contributed by atoms with Crippen molar-refractivity contribution in [3.05, 3.63) is 42.0 Å². The first kappa shape index (κ1) is 20.8. The maximum Gasteiger partial charge on any atom is 0.331 e. The summed E-state index contributed by atoms with van der Waals surface area (Å²) >= 11 is 0. The molecule has 4 heteroatoms. The van der Waals surface area contributed by atoms with E-state index in [1.165, 1.54) is 6.08 Å². The highest BCUT2D eigenvalue weighted by atomic mass is 16.5. The molecule has 0 saturated heterocycles. The molecule has 0 bridgehead atoms. The molecule has 1 aromatic rings. The van der Waals surface area contributed by atoms with E-state index >= 15 is 0 Å². The molecule has 2 aliphatic rings. The van der Waals surface area contributed by atoms with Crippen molar-refractivity contribution in [2.45, 2.75) is 58.7 Å². The highest BCUT2D eigenvalue weighted by molar-refractivity contribution is 5.87. The third kappa shape index (κ3) is 4.22. The summed E-state index contributed by atoms with van der Waals surface area (Å²) in [5, 5.41) is 10.5. The van der Waals surface area contributed by atoms with Gasteiger partial charge in [-0.2, -0.15) is 0 Å². The molecule has 1 N–H and O–H groups in total. The quantitative estimate of drug-likeness (QED) is 0.468. The van der Waals surface area contributed by atoms with Crippen molar-refractivity contribution in [2.75, 3.05) is 0 Å². The first-order chi connectivity index (χ1) is 13.4. The summed E-state index contributed by atoms with van der Waals surface area (Å²) in [6, 6.07) is 9.63. The van der Waals surface area contributed by atoms with E-state index in [1.54, 1.807) is 6.08 Å². The Morgan fingerprint density at radius 2 is 1.89 bits per heavy atom. The number of carbonyl (C=O) groups excluding carboxylic acids is 2. The largest absolute Gasteiger partial charge is 0.459 e. The van der Waals surface area contributed by atoms with Gasteiger partial charge >= 0.3 is 5.97 Å². The van der Waals surface area contributed by atoms with Gasteiger partial charge in [0.1, 0.15) is 12.4 Å². The third-order valence-corrected chi connectivity index (χ3v) is 6.98. The number of fused-ring (bicyclic) bond motifs is 1. The number of carbonyl (C=O) groups is 2. The van der Waals surface area contributed by atoms with Crippen LogP contribution in [0.2, 0.25) is 0 Å². The topological polar surface area (TPSA) is 63.6 Å². The number of aliphatic hydroxyl groups excluding tert-OH is 1. The van der Waals surface area contributed by atoms with Crippen molar-refractivity contribution < 1.29 is 19.4 Å². The van der Waals surface area contributed by atoms with Gasteiger partial charge in [-0.1, -0.05) is 51.1 Å². The number of benzene rings is 1. The van der Waals surface area contributed by atoms with Gasteiger partial charge in [0.05, 0.1) is 6.10 Å². The second-order valence-corrected chi connectivity index (χ2v) is 9.09.